The van der Waals surface area contributed by atoms with E-state index in [-0.39, 0.29) is 30.1 Å². The summed E-state index contributed by atoms with van der Waals surface area (Å²) in [6.45, 7) is 2.53. The van der Waals surface area contributed by atoms with Crippen LogP contribution in [0.15, 0.2) is 75.5 Å². The van der Waals surface area contributed by atoms with Gasteiger partial charge in [0.2, 0.25) is 0 Å². The average molecular weight is 484 g/mol. The molecule has 10 heteroatoms. The fourth-order valence-corrected chi connectivity index (χ4v) is 4.89. The van der Waals surface area contributed by atoms with Gasteiger partial charge in [0.1, 0.15) is 11.9 Å². The third-order valence-corrected chi connectivity index (χ3v) is 6.58. The Morgan fingerprint density at radius 2 is 2.00 bits per heavy atom. The Kier molecular flexibility index (Phi) is 5.28. The number of rotatable bonds is 4. The number of azo groups is 1. The number of hydrogen-bond donors (Lipinski definition) is 0. The summed E-state index contributed by atoms with van der Waals surface area (Å²) in [4.78, 5) is 27.1. The predicted molar refractivity (Wildman–Crippen MR) is 126 cm³/mol. The van der Waals surface area contributed by atoms with Crippen LogP contribution < -0.4 is 0 Å². The Labute approximate surface area is 205 Å². The minimum absolute atomic E-state index is 0.0176. The van der Waals surface area contributed by atoms with Crippen LogP contribution in [0.2, 0.25) is 0 Å². The van der Waals surface area contributed by atoms with Gasteiger partial charge in [-0.05, 0) is 48.4 Å². The van der Waals surface area contributed by atoms with E-state index < -0.39 is 11.7 Å². The van der Waals surface area contributed by atoms with Crippen LogP contribution in [-0.4, -0.2) is 38.0 Å². The molecule has 0 fully saturated rings. The zero-order valence-corrected chi connectivity index (χ0v) is 19.3. The molecule has 2 aliphatic heterocycles. The molecule has 0 saturated carbocycles. The number of furan rings is 1. The van der Waals surface area contributed by atoms with Crippen molar-refractivity contribution in [1.29, 1.82) is 0 Å². The number of nitrogens with zero attached hydrogens (tertiary/aromatic N) is 6. The van der Waals surface area contributed by atoms with Crippen LogP contribution in [0.1, 0.15) is 56.7 Å². The maximum atomic E-state index is 14.8. The third kappa shape index (κ3) is 3.71. The van der Waals surface area contributed by atoms with Crippen molar-refractivity contribution in [3.05, 3.63) is 94.8 Å². The van der Waals surface area contributed by atoms with Crippen molar-refractivity contribution in [3.63, 3.8) is 0 Å². The second-order valence-electron chi connectivity index (χ2n) is 8.96. The largest absolute Gasteiger partial charge is 0.461 e. The number of hydrogen-bond acceptors (Lipinski definition) is 6. The highest BCUT2D eigenvalue weighted by atomic mass is 19.1. The molecule has 0 bridgehead atoms. The maximum Gasteiger partial charge on any atom is 0.295 e. The monoisotopic (exact) mass is 484 g/mol. The highest BCUT2D eigenvalue weighted by Gasteiger charge is 2.32. The van der Waals surface area contributed by atoms with Crippen molar-refractivity contribution in [2.24, 2.45) is 10.2 Å². The van der Waals surface area contributed by atoms with Crippen LogP contribution in [-0.2, 0) is 13.0 Å². The first-order valence-corrected chi connectivity index (χ1v) is 11.6. The molecule has 6 rings (SSSR count). The van der Waals surface area contributed by atoms with Crippen molar-refractivity contribution < 1.29 is 18.4 Å². The van der Waals surface area contributed by atoms with E-state index >= 15 is 0 Å². The number of benzene rings is 2. The Balaban J connectivity index is 1.25. The Morgan fingerprint density at radius 1 is 1.14 bits per heavy atom. The second-order valence-corrected chi connectivity index (χ2v) is 8.96. The Morgan fingerprint density at radius 3 is 2.83 bits per heavy atom. The molecule has 180 valence electrons. The molecule has 2 amide bonds. The summed E-state index contributed by atoms with van der Waals surface area (Å²) in [7, 11) is 0. The highest BCUT2D eigenvalue weighted by molar-refractivity contribution is 5.97. The molecule has 0 spiro atoms. The summed E-state index contributed by atoms with van der Waals surface area (Å²) >= 11 is 0. The molecule has 2 atom stereocenters. The smallest absolute Gasteiger partial charge is 0.295 e. The van der Waals surface area contributed by atoms with Gasteiger partial charge in [-0.25, -0.2) is 4.39 Å². The zero-order chi connectivity index (χ0) is 24.8. The van der Waals surface area contributed by atoms with Crippen LogP contribution in [0.25, 0.3) is 11.6 Å². The summed E-state index contributed by atoms with van der Waals surface area (Å²) in [5, 5.41) is 16.4. The second kappa shape index (κ2) is 8.63. The molecule has 0 N–H and O–H groups in total. The summed E-state index contributed by atoms with van der Waals surface area (Å²) < 4.78 is 22.3. The maximum absolute atomic E-state index is 14.8. The fourth-order valence-electron chi connectivity index (χ4n) is 4.89. The molecular weight excluding hydrogens is 463 g/mol. The van der Waals surface area contributed by atoms with Gasteiger partial charge in [-0.1, -0.05) is 24.3 Å². The molecule has 0 aliphatic carbocycles. The lowest BCUT2D eigenvalue weighted by molar-refractivity contribution is 0.0677. The lowest BCUT2D eigenvalue weighted by Crippen LogP contribution is -2.40. The molecule has 2 aliphatic rings. The molecule has 0 radical (unpaired) electrons. The minimum Gasteiger partial charge on any atom is -0.461 e. The van der Waals surface area contributed by atoms with Crippen molar-refractivity contribution in [1.82, 2.24) is 19.7 Å². The quantitative estimate of drug-likeness (QED) is 0.414. The van der Waals surface area contributed by atoms with Crippen molar-refractivity contribution in [3.8, 4) is 11.6 Å². The predicted octanol–water partition coefficient (Wildman–Crippen LogP) is 4.78. The van der Waals surface area contributed by atoms with Gasteiger partial charge in [-0.3, -0.25) is 9.59 Å². The number of aromatic nitrogens is 3. The highest BCUT2D eigenvalue weighted by Crippen LogP contribution is 2.32. The number of halogens is 1. The van der Waals surface area contributed by atoms with Gasteiger partial charge >= 0.3 is 0 Å². The van der Waals surface area contributed by atoms with Crippen LogP contribution in [0.3, 0.4) is 0 Å². The van der Waals surface area contributed by atoms with Gasteiger partial charge in [-0.15, -0.1) is 15.3 Å². The van der Waals surface area contributed by atoms with Crippen molar-refractivity contribution in [2.75, 3.05) is 6.54 Å². The fraction of sp³-hybridized carbons (Fsp3) is 0.231. The lowest BCUT2D eigenvalue weighted by Gasteiger charge is -2.32. The first-order chi connectivity index (χ1) is 17.5. The molecular formula is C26H21FN6O3. The molecule has 2 aromatic carbocycles. The molecule has 9 nitrogen and oxygen atoms in total. The molecule has 36 heavy (non-hydrogen) atoms. The van der Waals surface area contributed by atoms with Crippen LogP contribution in [0.5, 0.6) is 0 Å². The first-order valence-electron chi connectivity index (χ1n) is 11.6. The molecule has 2 unspecified atom stereocenters. The topological polar surface area (TPSA) is 106 Å². The van der Waals surface area contributed by atoms with E-state index in [2.05, 4.69) is 20.4 Å². The van der Waals surface area contributed by atoms with E-state index in [1.807, 2.05) is 29.7 Å². The van der Waals surface area contributed by atoms with E-state index in [0.717, 1.165) is 11.1 Å². The lowest BCUT2D eigenvalue weighted by atomic mass is 9.93. The van der Waals surface area contributed by atoms with E-state index in [1.54, 1.807) is 41.5 Å². The molecule has 4 aromatic rings. The standard InChI is InChI=1S/C26H21FN6O3/c1-15-13-32(14-23-29-30-24(33(15)23)22-7-4-10-36-22)26(35)19-11-16(8-9-20(19)27)12-21-17-5-2-3-6-18(17)25(34)31-28-21/h2-11,15,21H,12-14H2,1H3. The van der Waals surface area contributed by atoms with E-state index in [4.69, 9.17) is 4.42 Å². The number of fused-ring (bicyclic) bond motifs is 2. The Hall–Kier alpha value is -4.47. The van der Waals surface area contributed by atoms with Gasteiger partial charge in [0.05, 0.1) is 24.4 Å². The van der Waals surface area contributed by atoms with Gasteiger partial charge in [0.15, 0.2) is 17.4 Å². The molecule has 4 heterocycles. The van der Waals surface area contributed by atoms with Crippen LogP contribution >= 0.6 is 0 Å². The normalized spacial score (nSPS) is 18.7. The number of carbonyl (C=O) groups excluding carboxylic acids is 2. The van der Waals surface area contributed by atoms with Crippen molar-refractivity contribution >= 4 is 11.8 Å². The summed E-state index contributed by atoms with van der Waals surface area (Å²) in [6.07, 6.45) is 1.95. The van der Waals surface area contributed by atoms with E-state index in [9.17, 15) is 14.0 Å². The number of carbonyl (C=O) groups is 2. The van der Waals surface area contributed by atoms with Crippen LogP contribution in [0, 0.1) is 5.82 Å². The van der Waals surface area contributed by atoms with E-state index in [0.29, 0.717) is 35.9 Å². The number of amides is 2. The van der Waals surface area contributed by atoms with Gasteiger partial charge in [0.25, 0.3) is 11.8 Å². The van der Waals surface area contributed by atoms with Gasteiger partial charge in [0, 0.05) is 18.5 Å². The third-order valence-electron chi connectivity index (χ3n) is 6.58. The van der Waals surface area contributed by atoms with Gasteiger partial charge in [-0.2, -0.15) is 5.11 Å². The SMILES string of the molecule is CC1CN(C(=O)c2cc(CC3N=NC(=O)c4ccccc43)ccc2F)Cc2nnc(-c3ccco3)n21. The summed E-state index contributed by atoms with van der Waals surface area (Å²) in [6, 6.07) is 14.7. The Bertz CT molecular complexity index is 1510. The average Bonchev–Trinajstić information content (AvgIpc) is 3.57. The molecule has 0 saturated heterocycles. The first kappa shape index (κ1) is 22.0. The zero-order valence-electron chi connectivity index (χ0n) is 19.3. The summed E-state index contributed by atoms with van der Waals surface area (Å²) in [5.74, 6) is 0.412. The van der Waals surface area contributed by atoms with E-state index in [1.165, 1.54) is 6.07 Å². The summed E-state index contributed by atoms with van der Waals surface area (Å²) in [5.41, 5.74) is 1.99. The van der Waals surface area contributed by atoms with Crippen LogP contribution in [0.4, 0.5) is 4.39 Å². The van der Waals surface area contributed by atoms with Crippen molar-refractivity contribution in [2.45, 2.75) is 32.0 Å². The minimum atomic E-state index is -0.597. The molecule has 2 aromatic heterocycles. The van der Waals surface area contributed by atoms with Gasteiger partial charge < -0.3 is 13.9 Å².